The van der Waals surface area contributed by atoms with E-state index in [2.05, 4.69) is 21.9 Å². The summed E-state index contributed by atoms with van der Waals surface area (Å²) < 4.78 is 27.2. The van der Waals surface area contributed by atoms with Gasteiger partial charge in [-0.25, -0.2) is 18.1 Å². The number of nitrogens with zero attached hydrogens (tertiary/aromatic N) is 1. The van der Waals surface area contributed by atoms with Crippen LogP contribution in [0.3, 0.4) is 0 Å². The zero-order chi connectivity index (χ0) is 14.6. The molecular formula is C12H17N3O2S3. The zero-order valence-corrected chi connectivity index (χ0v) is 13.8. The first kappa shape index (κ1) is 15.6. The van der Waals surface area contributed by atoms with Crippen LogP contribution in [0, 0.1) is 0 Å². The summed E-state index contributed by atoms with van der Waals surface area (Å²) in [6, 6.07) is 3.47. The highest BCUT2D eigenvalue weighted by atomic mass is 32.2. The lowest BCUT2D eigenvalue weighted by atomic mass is 10.4. The van der Waals surface area contributed by atoms with Crippen molar-refractivity contribution in [3.63, 3.8) is 0 Å². The Morgan fingerprint density at radius 1 is 1.20 bits per heavy atom. The second-order valence-corrected chi connectivity index (χ2v) is 8.51. The molecule has 0 amide bonds. The van der Waals surface area contributed by atoms with E-state index < -0.39 is 10.0 Å². The van der Waals surface area contributed by atoms with E-state index in [1.807, 2.05) is 13.1 Å². The van der Waals surface area contributed by atoms with Crippen LogP contribution in [0.4, 0.5) is 0 Å². The second kappa shape index (κ2) is 6.77. The SMILES string of the molecule is CCc1cnc(CNS(=O)(=O)c2ccc(CNC)s2)s1. The fourth-order valence-electron chi connectivity index (χ4n) is 1.59. The van der Waals surface area contributed by atoms with Crippen LogP contribution in [0.2, 0.25) is 0 Å². The molecule has 0 aliphatic rings. The number of thiophene rings is 1. The average Bonchev–Trinajstić information content (AvgIpc) is 3.06. The van der Waals surface area contributed by atoms with Gasteiger partial charge < -0.3 is 5.32 Å². The van der Waals surface area contributed by atoms with Crippen LogP contribution in [-0.4, -0.2) is 20.4 Å². The predicted molar refractivity (Wildman–Crippen MR) is 82.6 cm³/mol. The number of hydrogen-bond acceptors (Lipinski definition) is 6. The van der Waals surface area contributed by atoms with E-state index in [1.54, 1.807) is 12.3 Å². The summed E-state index contributed by atoms with van der Waals surface area (Å²) >= 11 is 2.82. The van der Waals surface area contributed by atoms with Crippen LogP contribution >= 0.6 is 22.7 Å². The van der Waals surface area contributed by atoms with E-state index in [4.69, 9.17) is 0 Å². The molecule has 0 fully saturated rings. The molecule has 0 unspecified atom stereocenters. The van der Waals surface area contributed by atoms with E-state index in [1.165, 1.54) is 22.7 Å². The van der Waals surface area contributed by atoms with Gasteiger partial charge in [0.15, 0.2) is 0 Å². The first-order valence-electron chi connectivity index (χ1n) is 6.21. The predicted octanol–water partition coefficient (Wildman–Crippen LogP) is 1.96. The van der Waals surface area contributed by atoms with Crippen LogP contribution in [-0.2, 0) is 29.5 Å². The van der Waals surface area contributed by atoms with Crippen molar-refractivity contribution in [3.05, 3.63) is 33.1 Å². The van der Waals surface area contributed by atoms with Crippen molar-refractivity contribution in [2.45, 2.75) is 30.6 Å². The van der Waals surface area contributed by atoms with Gasteiger partial charge in [0, 0.05) is 22.5 Å². The molecule has 5 nitrogen and oxygen atoms in total. The summed E-state index contributed by atoms with van der Waals surface area (Å²) in [6.07, 6.45) is 2.72. The highest BCUT2D eigenvalue weighted by Gasteiger charge is 2.17. The standard InChI is InChI=1S/C12H17N3O2S3/c1-3-9-7-14-11(18-9)8-15-20(16,17)12-5-4-10(19-12)6-13-2/h4-5,7,13,15H,3,6,8H2,1-2H3. The Kier molecular flexibility index (Phi) is 5.28. The second-order valence-electron chi connectivity index (χ2n) is 4.15. The fourth-order valence-corrected chi connectivity index (χ4v) is 4.89. The molecule has 0 saturated carbocycles. The van der Waals surface area contributed by atoms with Crippen molar-refractivity contribution in [1.29, 1.82) is 0 Å². The van der Waals surface area contributed by atoms with Gasteiger partial charge in [-0.3, -0.25) is 0 Å². The normalized spacial score (nSPS) is 11.9. The van der Waals surface area contributed by atoms with Gasteiger partial charge in [0.1, 0.15) is 9.22 Å². The monoisotopic (exact) mass is 331 g/mol. The molecule has 0 spiro atoms. The van der Waals surface area contributed by atoms with Crippen LogP contribution in [0.1, 0.15) is 21.7 Å². The first-order chi connectivity index (χ1) is 9.55. The minimum absolute atomic E-state index is 0.242. The quantitative estimate of drug-likeness (QED) is 0.814. The number of hydrogen-bond donors (Lipinski definition) is 2. The van der Waals surface area contributed by atoms with Crippen molar-refractivity contribution >= 4 is 32.7 Å². The summed E-state index contributed by atoms with van der Waals surface area (Å²) in [5, 5.41) is 3.79. The third kappa shape index (κ3) is 3.86. The average molecular weight is 331 g/mol. The lowest BCUT2D eigenvalue weighted by molar-refractivity contribution is 0.583. The van der Waals surface area contributed by atoms with Gasteiger partial charge in [0.2, 0.25) is 10.0 Å². The molecule has 0 radical (unpaired) electrons. The molecule has 20 heavy (non-hydrogen) atoms. The third-order valence-corrected chi connectivity index (χ3v) is 6.74. The van der Waals surface area contributed by atoms with Crippen LogP contribution in [0.5, 0.6) is 0 Å². The number of nitrogens with one attached hydrogen (secondary N) is 2. The Morgan fingerprint density at radius 3 is 2.65 bits per heavy atom. The maximum absolute atomic E-state index is 12.2. The lowest BCUT2D eigenvalue weighted by Crippen LogP contribution is -2.22. The molecule has 0 aromatic carbocycles. The van der Waals surface area contributed by atoms with E-state index >= 15 is 0 Å². The molecule has 2 aromatic heterocycles. The summed E-state index contributed by atoms with van der Waals surface area (Å²) in [4.78, 5) is 6.36. The molecule has 8 heteroatoms. The Morgan fingerprint density at radius 2 is 2.00 bits per heavy atom. The molecule has 0 saturated heterocycles. The molecular weight excluding hydrogens is 314 g/mol. The Balaban J connectivity index is 2.02. The van der Waals surface area contributed by atoms with E-state index in [0.29, 0.717) is 10.8 Å². The summed E-state index contributed by atoms with van der Waals surface area (Å²) in [5.41, 5.74) is 0. The minimum atomic E-state index is -3.45. The zero-order valence-electron chi connectivity index (χ0n) is 11.3. The molecule has 0 aliphatic heterocycles. The summed E-state index contributed by atoms with van der Waals surface area (Å²) in [6.45, 7) is 2.97. The smallest absolute Gasteiger partial charge is 0.250 e. The number of rotatable bonds is 7. The van der Waals surface area contributed by atoms with Gasteiger partial charge in [0.05, 0.1) is 6.54 Å². The Bertz CT molecular complexity index is 661. The van der Waals surface area contributed by atoms with E-state index in [-0.39, 0.29) is 6.54 Å². The lowest BCUT2D eigenvalue weighted by Gasteiger charge is -2.02. The molecule has 2 heterocycles. The van der Waals surface area contributed by atoms with E-state index in [0.717, 1.165) is 21.2 Å². The van der Waals surface area contributed by atoms with Gasteiger partial charge >= 0.3 is 0 Å². The molecule has 2 N–H and O–H groups in total. The van der Waals surface area contributed by atoms with Crippen LogP contribution in [0.15, 0.2) is 22.5 Å². The number of aryl methyl sites for hydroxylation is 1. The van der Waals surface area contributed by atoms with Crippen LogP contribution in [0.25, 0.3) is 0 Å². The Hall–Kier alpha value is -0.800. The van der Waals surface area contributed by atoms with Crippen molar-refractivity contribution in [2.24, 2.45) is 0 Å². The van der Waals surface area contributed by atoms with Gasteiger partial charge in [-0.05, 0) is 25.6 Å². The summed E-state index contributed by atoms with van der Waals surface area (Å²) in [7, 11) is -1.61. The van der Waals surface area contributed by atoms with Crippen molar-refractivity contribution in [2.75, 3.05) is 7.05 Å². The Labute approximate surface area is 127 Å². The van der Waals surface area contributed by atoms with Gasteiger partial charge in [0.25, 0.3) is 0 Å². The van der Waals surface area contributed by atoms with Crippen molar-refractivity contribution in [1.82, 2.24) is 15.0 Å². The number of sulfonamides is 1. The van der Waals surface area contributed by atoms with Gasteiger partial charge in [-0.2, -0.15) is 0 Å². The fraction of sp³-hybridized carbons (Fsp3) is 0.417. The molecule has 0 aliphatic carbocycles. The third-order valence-electron chi connectivity index (χ3n) is 2.62. The highest BCUT2D eigenvalue weighted by molar-refractivity contribution is 7.91. The minimum Gasteiger partial charge on any atom is -0.315 e. The van der Waals surface area contributed by atoms with Gasteiger partial charge in [-0.15, -0.1) is 22.7 Å². The molecule has 2 aromatic rings. The first-order valence-corrected chi connectivity index (χ1v) is 9.33. The molecule has 0 bridgehead atoms. The number of aromatic nitrogens is 1. The van der Waals surface area contributed by atoms with E-state index in [9.17, 15) is 8.42 Å². The topological polar surface area (TPSA) is 71.1 Å². The molecule has 110 valence electrons. The molecule has 2 rings (SSSR count). The maximum Gasteiger partial charge on any atom is 0.250 e. The van der Waals surface area contributed by atoms with Crippen molar-refractivity contribution < 1.29 is 8.42 Å². The largest absolute Gasteiger partial charge is 0.315 e. The maximum atomic E-state index is 12.2. The van der Waals surface area contributed by atoms with Gasteiger partial charge in [-0.1, -0.05) is 6.92 Å². The summed E-state index contributed by atoms with van der Waals surface area (Å²) in [5.74, 6) is 0. The van der Waals surface area contributed by atoms with Crippen LogP contribution < -0.4 is 10.0 Å². The highest BCUT2D eigenvalue weighted by Crippen LogP contribution is 2.22. The molecule has 0 atom stereocenters. The number of thiazole rings is 1. The van der Waals surface area contributed by atoms with Crippen molar-refractivity contribution in [3.8, 4) is 0 Å².